The highest BCUT2D eigenvalue weighted by Gasteiger charge is 2.43. The van der Waals surface area contributed by atoms with E-state index in [4.69, 9.17) is 16.3 Å². The third kappa shape index (κ3) is 4.41. The van der Waals surface area contributed by atoms with Crippen LogP contribution < -0.4 is 9.64 Å². The van der Waals surface area contributed by atoms with E-state index in [2.05, 4.69) is 25.2 Å². The highest BCUT2D eigenvalue weighted by atomic mass is 35.5. The fourth-order valence-electron chi connectivity index (χ4n) is 4.55. The number of piperidine rings is 1. The van der Waals surface area contributed by atoms with Gasteiger partial charge in [-0.2, -0.15) is 0 Å². The maximum absolute atomic E-state index is 5.97. The molecule has 2 fully saturated rings. The summed E-state index contributed by atoms with van der Waals surface area (Å²) in [6.07, 6.45) is 11.8. The molecule has 0 bridgehead atoms. The summed E-state index contributed by atoms with van der Waals surface area (Å²) in [6, 6.07) is 8.00. The topological polar surface area (TPSA) is 69.0 Å². The smallest absolute Gasteiger partial charge is 0.225 e. The first-order valence-electron chi connectivity index (χ1n) is 10.6. The zero-order valence-corrected chi connectivity index (χ0v) is 17.5. The lowest BCUT2D eigenvalue weighted by Gasteiger charge is -2.32. The molecule has 0 spiro atoms. The lowest BCUT2D eigenvalue weighted by atomic mass is 9.90. The van der Waals surface area contributed by atoms with Gasteiger partial charge in [0.25, 0.3) is 0 Å². The molecule has 1 aliphatic carbocycles. The normalized spacial score (nSPS) is 21.6. The lowest BCUT2D eigenvalue weighted by Crippen LogP contribution is -2.35. The van der Waals surface area contributed by atoms with Gasteiger partial charge in [-0.3, -0.25) is 0 Å². The highest BCUT2D eigenvalue weighted by molar-refractivity contribution is 6.30. The molecule has 0 unspecified atom stereocenters. The number of ether oxygens (including phenoxy) is 1. The molecule has 0 amide bonds. The largest absolute Gasteiger partial charge is 0.494 e. The van der Waals surface area contributed by atoms with Crippen LogP contribution in [0.4, 0.5) is 5.95 Å². The van der Waals surface area contributed by atoms with Crippen LogP contribution in [0.1, 0.15) is 25.7 Å². The van der Waals surface area contributed by atoms with Crippen molar-refractivity contribution in [2.75, 3.05) is 24.6 Å². The van der Waals surface area contributed by atoms with Gasteiger partial charge in [0.1, 0.15) is 5.75 Å². The average Bonchev–Trinajstić information content (AvgIpc) is 3.34. The van der Waals surface area contributed by atoms with Crippen LogP contribution >= 0.6 is 11.6 Å². The quantitative estimate of drug-likeness (QED) is 0.570. The number of aromatic nitrogens is 5. The van der Waals surface area contributed by atoms with Crippen LogP contribution in [0.3, 0.4) is 0 Å². The molecule has 7 nitrogen and oxygen atoms in total. The van der Waals surface area contributed by atoms with Crippen molar-refractivity contribution in [2.24, 2.45) is 17.8 Å². The van der Waals surface area contributed by atoms with Gasteiger partial charge in [-0.05, 0) is 67.7 Å². The number of nitrogens with zero attached hydrogens (tertiary/aromatic N) is 6. The minimum Gasteiger partial charge on any atom is -0.494 e. The van der Waals surface area contributed by atoms with Crippen molar-refractivity contribution in [3.63, 3.8) is 0 Å². The van der Waals surface area contributed by atoms with Crippen LogP contribution in [0, 0.1) is 17.8 Å². The molecule has 156 valence electrons. The molecule has 2 aliphatic rings. The van der Waals surface area contributed by atoms with Crippen molar-refractivity contribution in [3.8, 4) is 11.4 Å². The molecule has 1 aliphatic heterocycles. The minimum atomic E-state index is 0.586. The molecule has 1 saturated carbocycles. The summed E-state index contributed by atoms with van der Waals surface area (Å²) in [7, 11) is 0. The number of benzene rings is 1. The molecule has 30 heavy (non-hydrogen) atoms. The molecule has 8 heteroatoms. The number of hydrogen-bond donors (Lipinski definition) is 0. The van der Waals surface area contributed by atoms with E-state index in [-0.39, 0.29) is 0 Å². The first kappa shape index (κ1) is 19.3. The molecule has 0 radical (unpaired) electrons. The van der Waals surface area contributed by atoms with Gasteiger partial charge in [-0.25, -0.2) is 14.6 Å². The van der Waals surface area contributed by atoms with E-state index in [1.807, 2.05) is 30.5 Å². The molecule has 1 saturated heterocycles. The number of hydrogen-bond acceptors (Lipinski definition) is 6. The number of anilines is 1. The Hall–Kier alpha value is -2.67. The van der Waals surface area contributed by atoms with Crippen LogP contribution in [-0.2, 0) is 0 Å². The molecule has 2 aromatic heterocycles. The summed E-state index contributed by atoms with van der Waals surface area (Å²) in [5.74, 6) is 4.20. The summed E-state index contributed by atoms with van der Waals surface area (Å²) in [5.41, 5.74) is 0.984. The van der Waals surface area contributed by atoms with Gasteiger partial charge < -0.3 is 9.64 Å². The summed E-state index contributed by atoms with van der Waals surface area (Å²) < 4.78 is 7.71. The number of halogens is 1. The predicted molar refractivity (Wildman–Crippen MR) is 115 cm³/mol. The fraction of sp³-hybridized carbons (Fsp3) is 0.455. The first-order valence-corrected chi connectivity index (χ1v) is 11.0. The van der Waals surface area contributed by atoms with E-state index in [0.717, 1.165) is 61.3 Å². The molecular formula is C22H25ClN6O. The Bertz CT molecular complexity index is 939. The standard InChI is InChI=1S/C22H25ClN6O/c23-18-14-24-22(25-15-18)28-9-5-16(6-10-28)21-13-17(21)7-12-30-20-3-1-19(2-4-20)29-11-8-26-27-29/h1-4,8,11,14-17,21H,5-7,9-10,12-13H2/t17-,21-/m0/s1. The van der Waals surface area contributed by atoms with Gasteiger partial charge in [0, 0.05) is 13.1 Å². The second kappa shape index (κ2) is 8.60. The Morgan fingerprint density at radius 3 is 2.53 bits per heavy atom. The highest BCUT2D eigenvalue weighted by Crippen LogP contribution is 2.49. The van der Waals surface area contributed by atoms with Crippen molar-refractivity contribution in [1.29, 1.82) is 0 Å². The Morgan fingerprint density at radius 1 is 1.07 bits per heavy atom. The fourth-order valence-corrected chi connectivity index (χ4v) is 4.64. The summed E-state index contributed by atoms with van der Waals surface area (Å²) in [6.45, 7) is 2.84. The predicted octanol–water partition coefficient (Wildman–Crippen LogP) is 4.03. The molecule has 5 rings (SSSR count). The SMILES string of the molecule is Clc1cnc(N2CCC([C@@H]3C[C@@H]3CCOc3ccc(-n4ccnn4)cc3)CC2)nc1. The van der Waals surface area contributed by atoms with E-state index >= 15 is 0 Å². The van der Waals surface area contributed by atoms with Crippen molar-refractivity contribution in [1.82, 2.24) is 25.0 Å². The Balaban J connectivity index is 1.03. The van der Waals surface area contributed by atoms with Gasteiger partial charge in [0.2, 0.25) is 5.95 Å². The van der Waals surface area contributed by atoms with Crippen molar-refractivity contribution >= 4 is 17.5 Å². The van der Waals surface area contributed by atoms with Gasteiger partial charge in [0.05, 0.1) is 42.1 Å². The molecular weight excluding hydrogens is 400 g/mol. The van der Waals surface area contributed by atoms with Gasteiger partial charge in [-0.1, -0.05) is 16.8 Å². The monoisotopic (exact) mass is 424 g/mol. The summed E-state index contributed by atoms with van der Waals surface area (Å²) in [5, 5.41) is 8.42. The molecule has 3 heterocycles. The summed E-state index contributed by atoms with van der Waals surface area (Å²) >= 11 is 5.89. The molecule has 1 aromatic carbocycles. The maximum Gasteiger partial charge on any atom is 0.225 e. The average molecular weight is 425 g/mol. The third-order valence-corrected chi connectivity index (χ3v) is 6.49. The van der Waals surface area contributed by atoms with Gasteiger partial charge in [0.15, 0.2) is 0 Å². The van der Waals surface area contributed by atoms with Crippen molar-refractivity contribution in [3.05, 3.63) is 54.1 Å². The maximum atomic E-state index is 5.97. The Labute approximate surface area is 181 Å². The van der Waals surface area contributed by atoms with E-state index in [0.29, 0.717) is 5.02 Å². The van der Waals surface area contributed by atoms with E-state index in [9.17, 15) is 0 Å². The van der Waals surface area contributed by atoms with Crippen LogP contribution in [-0.4, -0.2) is 44.7 Å². The second-order valence-electron chi connectivity index (χ2n) is 8.16. The van der Waals surface area contributed by atoms with Crippen LogP contribution in [0.5, 0.6) is 5.75 Å². The van der Waals surface area contributed by atoms with Gasteiger partial charge in [-0.15, -0.1) is 5.10 Å². The van der Waals surface area contributed by atoms with E-state index in [1.54, 1.807) is 23.3 Å². The Kier molecular flexibility index (Phi) is 5.53. The third-order valence-electron chi connectivity index (χ3n) is 6.29. The summed E-state index contributed by atoms with van der Waals surface area (Å²) in [4.78, 5) is 11.0. The van der Waals surface area contributed by atoms with Crippen molar-refractivity contribution < 1.29 is 4.74 Å². The van der Waals surface area contributed by atoms with Crippen LogP contribution in [0.2, 0.25) is 5.02 Å². The van der Waals surface area contributed by atoms with Crippen LogP contribution in [0.25, 0.3) is 5.69 Å². The van der Waals surface area contributed by atoms with Crippen molar-refractivity contribution in [2.45, 2.75) is 25.7 Å². The van der Waals surface area contributed by atoms with Crippen LogP contribution in [0.15, 0.2) is 49.1 Å². The lowest BCUT2D eigenvalue weighted by molar-refractivity contribution is 0.284. The zero-order valence-electron chi connectivity index (χ0n) is 16.8. The molecule has 0 N–H and O–H groups in total. The number of rotatable bonds is 7. The van der Waals surface area contributed by atoms with Gasteiger partial charge >= 0.3 is 0 Å². The molecule has 3 aromatic rings. The minimum absolute atomic E-state index is 0.586. The first-order chi connectivity index (χ1) is 14.8. The zero-order chi connectivity index (χ0) is 20.3. The second-order valence-corrected chi connectivity index (χ2v) is 8.60. The molecule has 2 atom stereocenters. The van der Waals surface area contributed by atoms with E-state index < -0.39 is 0 Å². The Morgan fingerprint density at radius 2 is 1.83 bits per heavy atom. The van der Waals surface area contributed by atoms with E-state index in [1.165, 1.54) is 19.3 Å².